The molecule has 0 spiro atoms. The van der Waals surface area contributed by atoms with Gasteiger partial charge in [-0.2, -0.15) is 0 Å². The number of ether oxygens (including phenoxy) is 2. The molecule has 0 saturated carbocycles. The number of nitrogens with zero attached hydrogens (tertiary/aromatic N) is 1. The fraction of sp³-hybridized carbons (Fsp3) is 0.179. The van der Waals surface area contributed by atoms with E-state index in [1.54, 1.807) is 31.2 Å². The summed E-state index contributed by atoms with van der Waals surface area (Å²) in [5.74, 6) is -0.148. The Hall–Kier alpha value is -3.36. The van der Waals surface area contributed by atoms with E-state index < -0.39 is 11.9 Å². The molecule has 0 aliphatic carbocycles. The van der Waals surface area contributed by atoms with Crippen molar-refractivity contribution >= 4 is 56.3 Å². The molecule has 0 aliphatic rings. The number of hydrogen-bond donors (Lipinski definition) is 0. The number of aryl methyl sites for hydroxylation is 1. The highest BCUT2D eigenvalue weighted by molar-refractivity contribution is 9.10. The predicted octanol–water partition coefficient (Wildman–Crippen LogP) is 6.57. The Bertz CT molecular complexity index is 1460. The molecule has 0 fully saturated rings. The Kier molecular flexibility index (Phi) is 7.96. The maximum atomic E-state index is 13.0. The van der Waals surface area contributed by atoms with Crippen LogP contribution in [-0.4, -0.2) is 28.9 Å². The molecular weight excluding hydrogens is 542 g/mol. The number of halogens is 1. The van der Waals surface area contributed by atoms with Gasteiger partial charge < -0.3 is 14.0 Å². The number of esters is 2. The molecule has 6 nitrogen and oxygen atoms in total. The van der Waals surface area contributed by atoms with Crippen LogP contribution in [0.1, 0.15) is 45.8 Å². The number of rotatable bonds is 8. The molecule has 4 rings (SSSR count). The Labute approximate surface area is 221 Å². The molecule has 36 heavy (non-hydrogen) atoms. The van der Waals surface area contributed by atoms with Crippen molar-refractivity contribution in [3.05, 3.63) is 93.6 Å². The summed E-state index contributed by atoms with van der Waals surface area (Å²) in [7, 11) is 1.88. The first-order valence-electron chi connectivity index (χ1n) is 11.3. The molecule has 0 bridgehead atoms. The Morgan fingerprint density at radius 1 is 0.972 bits per heavy atom. The number of carbonyl (C=O) groups is 3. The van der Waals surface area contributed by atoms with E-state index in [1.165, 1.54) is 18.7 Å². The highest BCUT2D eigenvalue weighted by Crippen LogP contribution is 2.37. The van der Waals surface area contributed by atoms with Crippen LogP contribution in [0.15, 0.2) is 76.1 Å². The summed E-state index contributed by atoms with van der Waals surface area (Å²) in [5, 5.41) is 0.638. The third-order valence-corrected chi connectivity index (χ3v) is 7.24. The first-order chi connectivity index (χ1) is 17.3. The predicted molar refractivity (Wildman–Crippen MR) is 144 cm³/mol. The van der Waals surface area contributed by atoms with E-state index in [4.69, 9.17) is 9.47 Å². The summed E-state index contributed by atoms with van der Waals surface area (Å²) in [6.07, 6.45) is 0. The second kappa shape index (κ2) is 11.1. The first-order valence-corrected chi connectivity index (χ1v) is 13.1. The van der Waals surface area contributed by atoms with Crippen molar-refractivity contribution in [1.29, 1.82) is 0 Å². The molecule has 4 aromatic rings. The van der Waals surface area contributed by atoms with E-state index in [9.17, 15) is 14.4 Å². The summed E-state index contributed by atoms with van der Waals surface area (Å²) in [4.78, 5) is 38.4. The van der Waals surface area contributed by atoms with E-state index in [-0.39, 0.29) is 12.4 Å². The lowest BCUT2D eigenvalue weighted by Gasteiger charge is -2.09. The SMILES string of the molecule is CCOC(=O)c1c(CSc2cccc(C(=O)c3ccccc3)c2)n(C)c2cc(Br)c(OC(C)=O)cc12. The van der Waals surface area contributed by atoms with Gasteiger partial charge in [0.15, 0.2) is 5.78 Å². The second-order valence-electron chi connectivity index (χ2n) is 8.01. The van der Waals surface area contributed by atoms with E-state index in [0.29, 0.717) is 38.1 Å². The molecule has 0 aliphatic heterocycles. The van der Waals surface area contributed by atoms with E-state index in [2.05, 4.69) is 15.9 Å². The summed E-state index contributed by atoms with van der Waals surface area (Å²) in [6, 6.07) is 20.1. The van der Waals surface area contributed by atoms with Gasteiger partial charge in [-0.15, -0.1) is 11.8 Å². The summed E-state index contributed by atoms with van der Waals surface area (Å²) in [6.45, 7) is 3.32. The van der Waals surface area contributed by atoms with Crippen LogP contribution in [0, 0.1) is 0 Å². The number of benzene rings is 3. The van der Waals surface area contributed by atoms with Gasteiger partial charge in [0.2, 0.25) is 0 Å². The number of carbonyl (C=O) groups excluding carboxylic acids is 3. The summed E-state index contributed by atoms with van der Waals surface area (Å²) >= 11 is 4.97. The van der Waals surface area contributed by atoms with Gasteiger partial charge in [0.25, 0.3) is 0 Å². The Morgan fingerprint density at radius 3 is 2.39 bits per heavy atom. The van der Waals surface area contributed by atoms with Crippen molar-refractivity contribution in [2.75, 3.05) is 6.61 Å². The van der Waals surface area contributed by atoms with Crippen LogP contribution in [0.3, 0.4) is 0 Å². The first kappa shape index (κ1) is 25.7. The third-order valence-electron chi connectivity index (χ3n) is 5.62. The normalized spacial score (nSPS) is 10.9. The van der Waals surface area contributed by atoms with Crippen LogP contribution >= 0.6 is 27.7 Å². The fourth-order valence-electron chi connectivity index (χ4n) is 3.96. The van der Waals surface area contributed by atoms with Gasteiger partial charge >= 0.3 is 11.9 Å². The number of aromatic nitrogens is 1. The molecule has 0 radical (unpaired) electrons. The molecule has 0 saturated heterocycles. The average Bonchev–Trinajstić information content (AvgIpc) is 3.13. The van der Waals surface area contributed by atoms with Crippen LogP contribution in [0.2, 0.25) is 0 Å². The van der Waals surface area contributed by atoms with Crippen molar-refractivity contribution < 1.29 is 23.9 Å². The van der Waals surface area contributed by atoms with Crippen LogP contribution in [0.4, 0.5) is 0 Å². The lowest BCUT2D eigenvalue weighted by Crippen LogP contribution is -2.08. The molecule has 1 heterocycles. The lowest BCUT2D eigenvalue weighted by atomic mass is 10.0. The van der Waals surface area contributed by atoms with Crippen molar-refractivity contribution in [2.45, 2.75) is 24.5 Å². The van der Waals surface area contributed by atoms with E-state index in [1.807, 2.05) is 54.1 Å². The minimum atomic E-state index is -0.454. The van der Waals surface area contributed by atoms with Gasteiger partial charge in [0.1, 0.15) is 5.75 Å². The zero-order valence-electron chi connectivity index (χ0n) is 20.0. The van der Waals surface area contributed by atoms with Crippen molar-refractivity contribution in [2.24, 2.45) is 7.05 Å². The quantitative estimate of drug-likeness (QED) is 0.104. The lowest BCUT2D eigenvalue weighted by molar-refractivity contribution is -0.131. The largest absolute Gasteiger partial charge is 0.462 e. The molecule has 0 N–H and O–H groups in total. The van der Waals surface area contributed by atoms with Gasteiger partial charge in [-0.25, -0.2) is 4.79 Å². The number of thioether (sulfide) groups is 1. The molecular formula is C28H24BrNO5S. The minimum Gasteiger partial charge on any atom is -0.462 e. The number of ketones is 1. The van der Waals surface area contributed by atoms with Gasteiger partial charge in [-0.05, 0) is 47.1 Å². The number of hydrogen-bond acceptors (Lipinski definition) is 6. The smallest absolute Gasteiger partial charge is 0.340 e. The second-order valence-corrected chi connectivity index (χ2v) is 9.91. The Morgan fingerprint density at radius 2 is 1.69 bits per heavy atom. The third kappa shape index (κ3) is 5.39. The standard InChI is InChI=1S/C28H24BrNO5S/c1-4-34-28(33)26-21-14-25(35-17(2)31)22(29)15-23(21)30(3)24(26)16-36-20-12-8-11-19(13-20)27(32)18-9-6-5-7-10-18/h5-15H,4,16H2,1-3H3. The summed E-state index contributed by atoms with van der Waals surface area (Å²) < 4.78 is 13.2. The van der Waals surface area contributed by atoms with Crippen molar-refractivity contribution in [3.63, 3.8) is 0 Å². The maximum Gasteiger partial charge on any atom is 0.340 e. The van der Waals surface area contributed by atoms with Gasteiger partial charge in [0, 0.05) is 46.8 Å². The van der Waals surface area contributed by atoms with E-state index in [0.717, 1.165) is 16.1 Å². The zero-order valence-corrected chi connectivity index (χ0v) is 22.4. The monoisotopic (exact) mass is 565 g/mol. The van der Waals surface area contributed by atoms with Crippen molar-refractivity contribution in [3.8, 4) is 5.75 Å². The highest BCUT2D eigenvalue weighted by atomic mass is 79.9. The van der Waals surface area contributed by atoms with Crippen LogP contribution in [0.25, 0.3) is 10.9 Å². The van der Waals surface area contributed by atoms with Crippen LogP contribution < -0.4 is 4.74 Å². The minimum absolute atomic E-state index is 0.0438. The summed E-state index contributed by atoms with van der Waals surface area (Å²) in [5.41, 5.74) is 3.22. The molecule has 8 heteroatoms. The van der Waals surface area contributed by atoms with Crippen LogP contribution in [-0.2, 0) is 22.3 Å². The molecule has 0 atom stereocenters. The van der Waals surface area contributed by atoms with Gasteiger partial charge in [0.05, 0.1) is 22.2 Å². The maximum absolute atomic E-state index is 13.0. The molecule has 184 valence electrons. The highest BCUT2D eigenvalue weighted by Gasteiger charge is 2.24. The zero-order chi connectivity index (χ0) is 25.8. The fourth-order valence-corrected chi connectivity index (χ4v) is 5.40. The molecule has 0 amide bonds. The Balaban J connectivity index is 1.70. The number of fused-ring (bicyclic) bond motifs is 1. The molecule has 0 unspecified atom stereocenters. The average molecular weight is 566 g/mol. The van der Waals surface area contributed by atoms with Crippen molar-refractivity contribution in [1.82, 2.24) is 4.57 Å². The van der Waals surface area contributed by atoms with Gasteiger partial charge in [-0.1, -0.05) is 42.5 Å². The molecule has 1 aromatic heterocycles. The van der Waals surface area contributed by atoms with E-state index >= 15 is 0 Å². The molecule has 3 aromatic carbocycles. The van der Waals surface area contributed by atoms with Crippen LogP contribution in [0.5, 0.6) is 5.75 Å². The van der Waals surface area contributed by atoms with Gasteiger partial charge in [-0.3, -0.25) is 9.59 Å². The topological polar surface area (TPSA) is 74.6 Å².